The monoisotopic (exact) mass is 274 g/mol. The average molecular weight is 274 g/mol. The number of H-pyrrole nitrogens is 1. The van der Waals surface area contributed by atoms with Crippen LogP contribution in [0.1, 0.15) is 12.5 Å². The van der Waals surface area contributed by atoms with Gasteiger partial charge in [0.05, 0.1) is 0 Å². The lowest BCUT2D eigenvalue weighted by atomic mass is 10.1. The van der Waals surface area contributed by atoms with Crippen molar-refractivity contribution >= 4 is 34.3 Å². The fourth-order valence-corrected chi connectivity index (χ4v) is 2.78. The molecular formula is C13H14N4OS. The van der Waals surface area contributed by atoms with E-state index in [1.54, 1.807) is 11.1 Å². The van der Waals surface area contributed by atoms with Gasteiger partial charge in [0, 0.05) is 30.7 Å². The van der Waals surface area contributed by atoms with Crippen LogP contribution in [-0.4, -0.2) is 38.5 Å². The Morgan fingerprint density at radius 3 is 3.11 bits per heavy atom. The standard InChI is InChI=1S/C13H14N4OS/c1-2-17-12(18)10(16-13(17)19)6-8-7-15-11-9(8)4-3-5-14-11/h3-5,7,10H,2,6H2,1H3,(H,14,15)(H,16,19). The van der Waals surface area contributed by atoms with Crippen molar-refractivity contribution in [3.63, 3.8) is 0 Å². The zero-order chi connectivity index (χ0) is 13.4. The predicted octanol–water partition coefficient (Wildman–Crippen LogP) is 1.21. The summed E-state index contributed by atoms with van der Waals surface area (Å²) in [6, 6.07) is 3.63. The van der Waals surface area contributed by atoms with Gasteiger partial charge < -0.3 is 10.3 Å². The number of rotatable bonds is 3. The number of hydrogen-bond donors (Lipinski definition) is 2. The summed E-state index contributed by atoms with van der Waals surface area (Å²) in [4.78, 5) is 21.1. The van der Waals surface area contributed by atoms with E-state index in [1.165, 1.54) is 0 Å². The number of aromatic nitrogens is 2. The maximum absolute atomic E-state index is 12.2. The molecule has 1 amide bonds. The highest BCUT2D eigenvalue weighted by Gasteiger charge is 2.34. The van der Waals surface area contributed by atoms with Gasteiger partial charge in [0.2, 0.25) is 0 Å². The molecule has 1 fully saturated rings. The van der Waals surface area contributed by atoms with Crippen molar-refractivity contribution in [1.29, 1.82) is 0 Å². The lowest BCUT2D eigenvalue weighted by molar-refractivity contribution is -0.126. The van der Waals surface area contributed by atoms with Gasteiger partial charge in [-0.1, -0.05) is 0 Å². The van der Waals surface area contributed by atoms with Crippen LogP contribution in [0.25, 0.3) is 11.0 Å². The van der Waals surface area contributed by atoms with Crippen LogP contribution in [0.3, 0.4) is 0 Å². The number of hydrogen-bond acceptors (Lipinski definition) is 3. The van der Waals surface area contributed by atoms with E-state index in [-0.39, 0.29) is 11.9 Å². The van der Waals surface area contributed by atoms with Crippen molar-refractivity contribution in [2.45, 2.75) is 19.4 Å². The molecule has 1 atom stereocenters. The van der Waals surface area contributed by atoms with Crippen molar-refractivity contribution in [2.75, 3.05) is 6.54 Å². The van der Waals surface area contributed by atoms with Gasteiger partial charge in [0.25, 0.3) is 5.91 Å². The minimum absolute atomic E-state index is 0.0470. The van der Waals surface area contributed by atoms with Crippen LogP contribution in [-0.2, 0) is 11.2 Å². The molecule has 3 heterocycles. The Kier molecular flexibility index (Phi) is 2.94. The molecule has 2 aromatic heterocycles. The molecule has 5 nitrogen and oxygen atoms in total. The number of fused-ring (bicyclic) bond motifs is 1. The normalized spacial score (nSPS) is 19.2. The molecule has 2 aromatic rings. The fourth-order valence-electron chi connectivity index (χ4n) is 2.42. The Hall–Kier alpha value is -1.95. The first-order chi connectivity index (χ1) is 9.20. The lowest BCUT2D eigenvalue weighted by Crippen LogP contribution is -2.32. The summed E-state index contributed by atoms with van der Waals surface area (Å²) in [5.41, 5.74) is 1.92. The Labute approximate surface area is 116 Å². The summed E-state index contributed by atoms with van der Waals surface area (Å²) >= 11 is 5.16. The predicted molar refractivity (Wildman–Crippen MR) is 76.7 cm³/mol. The van der Waals surface area contributed by atoms with Gasteiger partial charge in [0.15, 0.2) is 5.11 Å². The minimum atomic E-state index is -0.272. The molecule has 1 aliphatic heterocycles. The SMILES string of the molecule is CCN1C(=O)C(Cc2c[nH]c3ncccc23)NC1=S. The first-order valence-electron chi connectivity index (χ1n) is 6.23. The highest BCUT2D eigenvalue weighted by atomic mass is 32.1. The zero-order valence-corrected chi connectivity index (χ0v) is 11.3. The van der Waals surface area contributed by atoms with Crippen molar-refractivity contribution in [1.82, 2.24) is 20.2 Å². The zero-order valence-electron chi connectivity index (χ0n) is 10.5. The molecule has 1 saturated heterocycles. The third-order valence-corrected chi connectivity index (χ3v) is 3.72. The van der Waals surface area contributed by atoms with Crippen LogP contribution in [0, 0.1) is 0 Å². The van der Waals surface area contributed by atoms with Crippen LogP contribution in [0.15, 0.2) is 24.5 Å². The third kappa shape index (κ3) is 1.98. The van der Waals surface area contributed by atoms with E-state index in [4.69, 9.17) is 12.2 Å². The van der Waals surface area contributed by atoms with Crippen molar-refractivity contribution in [2.24, 2.45) is 0 Å². The van der Waals surface area contributed by atoms with Crippen LogP contribution >= 0.6 is 12.2 Å². The Balaban J connectivity index is 1.86. The third-order valence-electron chi connectivity index (χ3n) is 3.38. The summed E-state index contributed by atoms with van der Waals surface area (Å²) in [6.07, 6.45) is 4.26. The summed E-state index contributed by atoms with van der Waals surface area (Å²) < 4.78 is 0. The number of carbonyl (C=O) groups excluding carboxylic acids is 1. The maximum atomic E-state index is 12.2. The van der Waals surface area contributed by atoms with Crippen molar-refractivity contribution in [3.05, 3.63) is 30.1 Å². The van der Waals surface area contributed by atoms with E-state index >= 15 is 0 Å². The first-order valence-corrected chi connectivity index (χ1v) is 6.64. The van der Waals surface area contributed by atoms with Gasteiger partial charge in [-0.2, -0.15) is 0 Å². The van der Waals surface area contributed by atoms with Crippen LogP contribution in [0.4, 0.5) is 0 Å². The molecule has 0 saturated carbocycles. The van der Waals surface area contributed by atoms with Gasteiger partial charge in [-0.25, -0.2) is 4.98 Å². The number of thiocarbonyl (C=S) groups is 1. The molecule has 1 unspecified atom stereocenters. The van der Waals surface area contributed by atoms with Crippen LogP contribution in [0.2, 0.25) is 0 Å². The number of pyridine rings is 1. The highest BCUT2D eigenvalue weighted by Crippen LogP contribution is 2.19. The summed E-state index contributed by atoms with van der Waals surface area (Å²) in [5.74, 6) is 0.0470. The number of nitrogens with one attached hydrogen (secondary N) is 2. The quantitative estimate of drug-likeness (QED) is 0.826. The number of aromatic amines is 1. The van der Waals surface area contributed by atoms with E-state index < -0.39 is 0 Å². The second-order valence-electron chi connectivity index (χ2n) is 4.50. The van der Waals surface area contributed by atoms with Crippen molar-refractivity contribution in [3.8, 4) is 0 Å². The van der Waals surface area contributed by atoms with E-state index in [2.05, 4.69) is 15.3 Å². The second-order valence-corrected chi connectivity index (χ2v) is 4.89. The maximum Gasteiger partial charge on any atom is 0.251 e. The lowest BCUT2D eigenvalue weighted by Gasteiger charge is -2.10. The molecule has 6 heteroatoms. The van der Waals surface area contributed by atoms with Crippen LogP contribution in [0.5, 0.6) is 0 Å². The van der Waals surface area contributed by atoms with Gasteiger partial charge in [-0.05, 0) is 36.8 Å². The van der Waals surface area contributed by atoms with E-state index in [9.17, 15) is 4.79 Å². The minimum Gasteiger partial charge on any atom is -0.350 e. The molecule has 0 aromatic carbocycles. The van der Waals surface area contributed by atoms with Gasteiger partial charge in [0.1, 0.15) is 11.7 Å². The molecule has 0 radical (unpaired) electrons. The van der Waals surface area contributed by atoms with Crippen LogP contribution < -0.4 is 5.32 Å². The Bertz CT molecular complexity index is 651. The topological polar surface area (TPSA) is 61.0 Å². The Morgan fingerprint density at radius 2 is 2.37 bits per heavy atom. The molecule has 0 aliphatic carbocycles. The molecule has 0 spiro atoms. The largest absolute Gasteiger partial charge is 0.350 e. The van der Waals surface area contributed by atoms with E-state index in [1.807, 2.05) is 25.3 Å². The number of carbonyl (C=O) groups is 1. The first kappa shape index (κ1) is 12.1. The number of likely N-dealkylation sites (N-methyl/N-ethyl adjacent to an activating group) is 1. The summed E-state index contributed by atoms with van der Waals surface area (Å²) in [6.45, 7) is 2.53. The second kappa shape index (κ2) is 4.62. The molecule has 19 heavy (non-hydrogen) atoms. The van der Waals surface area contributed by atoms with Gasteiger partial charge >= 0.3 is 0 Å². The van der Waals surface area contributed by atoms with E-state index in [0.29, 0.717) is 18.1 Å². The summed E-state index contributed by atoms with van der Waals surface area (Å²) in [5, 5.41) is 4.66. The average Bonchev–Trinajstić information content (AvgIpc) is 2.93. The smallest absolute Gasteiger partial charge is 0.251 e. The molecule has 2 N–H and O–H groups in total. The Morgan fingerprint density at radius 1 is 1.53 bits per heavy atom. The number of nitrogens with zero attached hydrogens (tertiary/aromatic N) is 2. The molecular weight excluding hydrogens is 260 g/mol. The molecule has 3 rings (SSSR count). The highest BCUT2D eigenvalue weighted by molar-refractivity contribution is 7.80. The van der Waals surface area contributed by atoms with Crippen molar-refractivity contribution < 1.29 is 4.79 Å². The van der Waals surface area contributed by atoms with Gasteiger partial charge in [-0.15, -0.1) is 0 Å². The fraction of sp³-hybridized carbons (Fsp3) is 0.308. The van der Waals surface area contributed by atoms with E-state index in [0.717, 1.165) is 16.6 Å². The molecule has 1 aliphatic rings. The number of amides is 1. The summed E-state index contributed by atoms with van der Waals surface area (Å²) in [7, 11) is 0. The molecule has 98 valence electrons. The molecule has 0 bridgehead atoms. The van der Waals surface area contributed by atoms with Gasteiger partial charge in [-0.3, -0.25) is 9.69 Å².